The Morgan fingerprint density at radius 2 is 1.50 bits per heavy atom. The molecule has 2 aromatic carbocycles. The van der Waals surface area contributed by atoms with Crippen molar-refractivity contribution in [3.05, 3.63) is 70.8 Å². The molecular weight excluding hydrogens is 298 g/mol. The monoisotopic (exact) mass is 323 g/mol. The Labute approximate surface area is 143 Å². The van der Waals surface area contributed by atoms with Crippen LogP contribution in [0.25, 0.3) is 0 Å². The lowest BCUT2D eigenvalue weighted by Crippen LogP contribution is -2.45. The molecule has 1 fully saturated rings. The second kappa shape index (κ2) is 7.60. The van der Waals surface area contributed by atoms with Crippen LogP contribution < -0.4 is 5.73 Å². The average Bonchev–Trinajstić information content (AvgIpc) is 2.57. The van der Waals surface area contributed by atoms with Crippen LogP contribution in [-0.2, 0) is 13.1 Å². The normalized spacial score (nSPS) is 16.2. The van der Waals surface area contributed by atoms with Crippen LogP contribution in [0.15, 0.2) is 48.5 Å². The number of carbonyl (C=O) groups is 1. The summed E-state index contributed by atoms with van der Waals surface area (Å²) in [4.78, 5) is 16.1. The van der Waals surface area contributed by atoms with Crippen molar-refractivity contribution in [1.29, 1.82) is 0 Å². The van der Waals surface area contributed by atoms with Gasteiger partial charge in [-0.15, -0.1) is 0 Å². The van der Waals surface area contributed by atoms with Crippen molar-refractivity contribution in [2.75, 3.05) is 26.2 Å². The van der Waals surface area contributed by atoms with Gasteiger partial charge in [0.25, 0.3) is 0 Å². The molecule has 0 radical (unpaired) electrons. The van der Waals surface area contributed by atoms with Crippen molar-refractivity contribution in [2.24, 2.45) is 5.73 Å². The van der Waals surface area contributed by atoms with Crippen LogP contribution in [0.3, 0.4) is 0 Å². The summed E-state index contributed by atoms with van der Waals surface area (Å²) in [5.41, 5.74) is 9.80. The number of hydrogen-bond donors (Lipinski definition) is 1. The molecule has 2 N–H and O–H groups in total. The third-order valence-corrected chi connectivity index (χ3v) is 4.60. The van der Waals surface area contributed by atoms with Gasteiger partial charge in [0.05, 0.1) is 0 Å². The molecule has 0 spiro atoms. The molecule has 24 heavy (non-hydrogen) atoms. The highest BCUT2D eigenvalue weighted by atomic mass is 16.1. The average molecular weight is 323 g/mol. The Hall–Kier alpha value is -2.17. The predicted octanol–water partition coefficient (Wildman–Crippen LogP) is 2.41. The van der Waals surface area contributed by atoms with Gasteiger partial charge in [0.15, 0.2) is 0 Å². The standard InChI is InChI=1S/C20H25N3O/c1-16-3-2-4-18(13-16)15-23-11-9-22(10-12-23)14-17-5-7-19(8-6-17)20(21)24/h2-8,13H,9-12,14-15H2,1H3,(H2,21,24). The molecule has 126 valence electrons. The fourth-order valence-corrected chi connectivity index (χ4v) is 3.21. The second-order valence-corrected chi connectivity index (χ2v) is 6.60. The number of rotatable bonds is 5. The quantitative estimate of drug-likeness (QED) is 0.919. The number of aryl methyl sites for hydroxylation is 1. The largest absolute Gasteiger partial charge is 0.366 e. The molecule has 1 aliphatic heterocycles. The summed E-state index contributed by atoms with van der Waals surface area (Å²) < 4.78 is 0. The Bertz CT molecular complexity index is 688. The van der Waals surface area contributed by atoms with Crippen LogP contribution in [0.2, 0.25) is 0 Å². The summed E-state index contributed by atoms with van der Waals surface area (Å²) in [6.45, 7) is 8.43. The summed E-state index contributed by atoms with van der Waals surface area (Å²) in [7, 11) is 0. The fourth-order valence-electron chi connectivity index (χ4n) is 3.21. The minimum Gasteiger partial charge on any atom is -0.366 e. The van der Waals surface area contributed by atoms with Gasteiger partial charge in [-0.25, -0.2) is 0 Å². The third kappa shape index (κ3) is 4.43. The number of piperazine rings is 1. The molecule has 1 saturated heterocycles. The maximum Gasteiger partial charge on any atom is 0.248 e. The van der Waals surface area contributed by atoms with Gasteiger partial charge in [-0.2, -0.15) is 0 Å². The van der Waals surface area contributed by atoms with E-state index in [1.54, 1.807) is 0 Å². The van der Waals surface area contributed by atoms with Crippen molar-refractivity contribution < 1.29 is 4.79 Å². The number of primary amides is 1. The topological polar surface area (TPSA) is 49.6 Å². The molecule has 0 atom stereocenters. The highest BCUT2D eigenvalue weighted by Gasteiger charge is 2.17. The maximum absolute atomic E-state index is 11.1. The van der Waals surface area contributed by atoms with Gasteiger partial charge in [0.1, 0.15) is 0 Å². The van der Waals surface area contributed by atoms with E-state index in [0.29, 0.717) is 5.56 Å². The zero-order chi connectivity index (χ0) is 16.9. The first-order chi connectivity index (χ1) is 11.6. The van der Waals surface area contributed by atoms with E-state index < -0.39 is 0 Å². The van der Waals surface area contributed by atoms with Crippen molar-refractivity contribution in [3.63, 3.8) is 0 Å². The molecule has 1 aliphatic rings. The molecule has 0 aliphatic carbocycles. The summed E-state index contributed by atoms with van der Waals surface area (Å²) in [6, 6.07) is 16.4. The van der Waals surface area contributed by atoms with E-state index in [9.17, 15) is 4.79 Å². The van der Waals surface area contributed by atoms with Gasteiger partial charge >= 0.3 is 0 Å². The molecule has 0 bridgehead atoms. The maximum atomic E-state index is 11.1. The highest BCUT2D eigenvalue weighted by Crippen LogP contribution is 2.13. The Morgan fingerprint density at radius 3 is 2.04 bits per heavy atom. The molecule has 0 aromatic heterocycles. The van der Waals surface area contributed by atoms with Crippen molar-refractivity contribution in [3.8, 4) is 0 Å². The van der Waals surface area contributed by atoms with Gasteiger partial charge in [0, 0.05) is 44.8 Å². The highest BCUT2D eigenvalue weighted by molar-refractivity contribution is 5.92. The predicted molar refractivity (Wildman–Crippen MR) is 96.7 cm³/mol. The smallest absolute Gasteiger partial charge is 0.248 e. The number of carbonyl (C=O) groups excluding carboxylic acids is 1. The van der Waals surface area contributed by atoms with Crippen molar-refractivity contribution in [1.82, 2.24) is 9.80 Å². The lowest BCUT2D eigenvalue weighted by Gasteiger charge is -2.34. The summed E-state index contributed by atoms with van der Waals surface area (Å²) in [6.07, 6.45) is 0. The van der Waals surface area contributed by atoms with Gasteiger partial charge in [-0.05, 0) is 30.2 Å². The van der Waals surface area contributed by atoms with E-state index in [1.807, 2.05) is 24.3 Å². The molecule has 3 rings (SSSR count). The van der Waals surface area contributed by atoms with Crippen LogP contribution in [-0.4, -0.2) is 41.9 Å². The van der Waals surface area contributed by atoms with E-state index in [2.05, 4.69) is 41.0 Å². The summed E-state index contributed by atoms with van der Waals surface area (Å²) in [5.74, 6) is -0.369. The van der Waals surface area contributed by atoms with Gasteiger partial charge in [0.2, 0.25) is 5.91 Å². The first kappa shape index (κ1) is 16.7. The number of amides is 1. The molecule has 1 heterocycles. The Kier molecular flexibility index (Phi) is 5.28. The molecule has 0 unspecified atom stereocenters. The number of nitrogens with two attached hydrogens (primary N) is 1. The summed E-state index contributed by atoms with van der Waals surface area (Å²) >= 11 is 0. The molecule has 4 heteroatoms. The van der Waals surface area contributed by atoms with E-state index in [0.717, 1.165) is 39.3 Å². The van der Waals surface area contributed by atoms with Crippen molar-refractivity contribution in [2.45, 2.75) is 20.0 Å². The zero-order valence-corrected chi connectivity index (χ0v) is 14.2. The van der Waals surface area contributed by atoms with Gasteiger partial charge in [-0.3, -0.25) is 14.6 Å². The molecule has 1 amide bonds. The van der Waals surface area contributed by atoms with Crippen LogP contribution >= 0.6 is 0 Å². The molecule has 0 saturated carbocycles. The first-order valence-corrected chi connectivity index (χ1v) is 8.49. The van der Waals surface area contributed by atoms with E-state index >= 15 is 0 Å². The van der Waals surface area contributed by atoms with Gasteiger partial charge in [-0.1, -0.05) is 42.0 Å². The molecule has 2 aromatic rings. The van der Waals surface area contributed by atoms with Crippen molar-refractivity contribution >= 4 is 5.91 Å². The fraction of sp³-hybridized carbons (Fsp3) is 0.350. The number of nitrogens with zero attached hydrogens (tertiary/aromatic N) is 2. The van der Waals surface area contributed by atoms with E-state index in [1.165, 1.54) is 16.7 Å². The van der Waals surface area contributed by atoms with E-state index in [-0.39, 0.29) is 5.91 Å². The minimum absolute atomic E-state index is 0.369. The Morgan fingerprint density at radius 1 is 0.917 bits per heavy atom. The zero-order valence-electron chi connectivity index (χ0n) is 14.2. The van der Waals surface area contributed by atoms with Gasteiger partial charge < -0.3 is 5.73 Å². The van der Waals surface area contributed by atoms with Crippen LogP contribution in [0.4, 0.5) is 0 Å². The van der Waals surface area contributed by atoms with Crippen LogP contribution in [0, 0.1) is 6.92 Å². The van der Waals surface area contributed by atoms with E-state index in [4.69, 9.17) is 5.73 Å². The minimum atomic E-state index is -0.369. The Balaban J connectivity index is 1.49. The summed E-state index contributed by atoms with van der Waals surface area (Å²) in [5, 5.41) is 0. The number of hydrogen-bond acceptors (Lipinski definition) is 3. The molecular formula is C20H25N3O. The van der Waals surface area contributed by atoms with Crippen LogP contribution in [0.1, 0.15) is 27.0 Å². The SMILES string of the molecule is Cc1cccc(CN2CCN(Cc3ccc(C(N)=O)cc3)CC2)c1. The lowest BCUT2D eigenvalue weighted by atomic mass is 10.1. The third-order valence-electron chi connectivity index (χ3n) is 4.60. The first-order valence-electron chi connectivity index (χ1n) is 8.49. The number of benzene rings is 2. The second-order valence-electron chi connectivity index (χ2n) is 6.60. The van der Waals surface area contributed by atoms with Crippen LogP contribution in [0.5, 0.6) is 0 Å². The lowest BCUT2D eigenvalue weighted by molar-refractivity contribution is 0.1000. The molecule has 4 nitrogen and oxygen atoms in total.